The Morgan fingerprint density at radius 3 is 2.30 bits per heavy atom. The molecule has 20 heavy (non-hydrogen) atoms. The maximum atomic E-state index is 12.2. The number of nitrogens with two attached hydrogens (primary N) is 1. The molecule has 0 aliphatic rings. The van der Waals surface area contributed by atoms with E-state index in [1.165, 1.54) is 6.07 Å². The van der Waals surface area contributed by atoms with E-state index >= 15 is 0 Å². The van der Waals surface area contributed by atoms with Crippen molar-refractivity contribution in [3.8, 4) is 11.3 Å². The normalized spacial score (nSPS) is 10.9. The van der Waals surface area contributed by atoms with Crippen LogP contribution in [0.5, 0.6) is 0 Å². The minimum Gasteiger partial charge on any atom is -0.456 e. The van der Waals surface area contributed by atoms with Gasteiger partial charge in [-0.15, -0.1) is 0 Å². The first kappa shape index (κ1) is 12.5. The number of rotatable bonds is 1. The smallest absolute Gasteiger partial charge is 0.193 e. The van der Waals surface area contributed by atoms with Crippen molar-refractivity contribution in [3.63, 3.8) is 0 Å². The van der Waals surface area contributed by atoms with E-state index in [-0.39, 0.29) is 5.43 Å². The van der Waals surface area contributed by atoms with E-state index in [9.17, 15) is 4.79 Å². The highest BCUT2D eigenvalue weighted by Crippen LogP contribution is 2.24. The zero-order chi connectivity index (χ0) is 14.3. The standard InChI is InChI=1S/C17H15NO2/c1-10-7-14-15(19)9-16(20-17(14)8-11(10)2)12-3-5-13(18)6-4-12/h3-9H,18H2,1-2H3. The van der Waals surface area contributed by atoms with Gasteiger partial charge in [-0.05, 0) is 61.4 Å². The van der Waals surface area contributed by atoms with E-state index in [0.717, 1.165) is 16.7 Å². The van der Waals surface area contributed by atoms with Gasteiger partial charge < -0.3 is 10.2 Å². The second-order valence-corrected chi connectivity index (χ2v) is 5.03. The molecule has 0 fully saturated rings. The fraction of sp³-hybridized carbons (Fsp3) is 0.118. The molecule has 1 heterocycles. The molecule has 1 aromatic heterocycles. The van der Waals surface area contributed by atoms with Crippen LogP contribution in [0.15, 0.2) is 51.7 Å². The summed E-state index contributed by atoms with van der Waals surface area (Å²) in [5.74, 6) is 0.561. The summed E-state index contributed by atoms with van der Waals surface area (Å²) in [6.07, 6.45) is 0. The fourth-order valence-corrected chi connectivity index (χ4v) is 2.20. The van der Waals surface area contributed by atoms with Crippen LogP contribution >= 0.6 is 0 Å². The SMILES string of the molecule is Cc1cc2oc(-c3ccc(N)cc3)cc(=O)c2cc1C. The Kier molecular flexibility index (Phi) is 2.83. The van der Waals surface area contributed by atoms with Gasteiger partial charge in [0.1, 0.15) is 11.3 Å². The van der Waals surface area contributed by atoms with Gasteiger partial charge >= 0.3 is 0 Å². The lowest BCUT2D eigenvalue weighted by molar-refractivity contribution is 0.618. The number of anilines is 1. The number of hydrogen-bond acceptors (Lipinski definition) is 3. The van der Waals surface area contributed by atoms with E-state index in [4.69, 9.17) is 10.2 Å². The van der Waals surface area contributed by atoms with Gasteiger partial charge in [-0.3, -0.25) is 4.79 Å². The van der Waals surface area contributed by atoms with Crippen molar-refractivity contribution >= 4 is 16.7 Å². The highest BCUT2D eigenvalue weighted by atomic mass is 16.3. The number of nitrogen functional groups attached to an aromatic ring is 1. The van der Waals surface area contributed by atoms with E-state index in [2.05, 4.69) is 0 Å². The van der Waals surface area contributed by atoms with Gasteiger partial charge in [0.15, 0.2) is 5.43 Å². The number of hydrogen-bond donors (Lipinski definition) is 1. The fourth-order valence-electron chi connectivity index (χ4n) is 2.20. The van der Waals surface area contributed by atoms with Crippen molar-refractivity contribution in [2.24, 2.45) is 0 Å². The van der Waals surface area contributed by atoms with Crippen molar-refractivity contribution < 1.29 is 4.42 Å². The molecule has 2 aromatic carbocycles. The molecule has 0 saturated carbocycles. The van der Waals surface area contributed by atoms with Gasteiger partial charge in [0, 0.05) is 17.3 Å². The van der Waals surface area contributed by atoms with Crippen LogP contribution in [0.2, 0.25) is 0 Å². The Morgan fingerprint density at radius 2 is 1.60 bits per heavy atom. The summed E-state index contributed by atoms with van der Waals surface area (Å²) in [6, 6.07) is 12.6. The third kappa shape index (κ3) is 2.07. The molecule has 0 aliphatic heterocycles. The molecule has 0 bridgehead atoms. The molecule has 3 aromatic rings. The average molecular weight is 265 g/mol. The quantitative estimate of drug-likeness (QED) is 0.683. The van der Waals surface area contributed by atoms with Gasteiger partial charge in [-0.2, -0.15) is 0 Å². The second-order valence-electron chi connectivity index (χ2n) is 5.03. The summed E-state index contributed by atoms with van der Waals surface area (Å²) >= 11 is 0. The van der Waals surface area contributed by atoms with Crippen molar-refractivity contribution in [2.45, 2.75) is 13.8 Å². The third-order valence-electron chi connectivity index (χ3n) is 3.54. The van der Waals surface area contributed by atoms with Gasteiger partial charge in [0.2, 0.25) is 0 Å². The van der Waals surface area contributed by atoms with Crippen LogP contribution in [-0.2, 0) is 0 Å². The van der Waals surface area contributed by atoms with Crippen LogP contribution in [0.3, 0.4) is 0 Å². The predicted molar refractivity (Wildman–Crippen MR) is 81.8 cm³/mol. The van der Waals surface area contributed by atoms with Crippen LogP contribution in [0.4, 0.5) is 5.69 Å². The first-order valence-corrected chi connectivity index (χ1v) is 6.45. The monoisotopic (exact) mass is 265 g/mol. The molecule has 2 N–H and O–H groups in total. The topological polar surface area (TPSA) is 56.2 Å². The minimum absolute atomic E-state index is 0.0267. The zero-order valence-corrected chi connectivity index (χ0v) is 11.4. The Labute approximate surface area is 116 Å². The van der Waals surface area contributed by atoms with Crippen molar-refractivity contribution in [2.75, 3.05) is 5.73 Å². The van der Waals surface area contributed by atoms with Crippen LogP contribution in [0.1, 0.15) is 11.1 Å². The number of benzene rings is 2. The minimum atomic E-state index is -0.0267. The Hall–Kier alpha value is -2.55. The summed E-state index contributed by atoms with van der Waals surface area (Å²) in [4.78, 5) is 12.2. The first-order valence-electron chi connectivity index (χ1n) is 6.45. The third-order valence-corrected chi connectivity index (χ3v) is 3.54. The summed E-state index contributed by atoms with van der Waals surface area (Å²) in [5, 5.41) is 0.618. The van der Waals surface area contributed by atoms with Gasteiger partial charge in [-0.25, -0.2) is 0 Å². The molecule has 0 amide bonds. The zero-order valence-electron chi connectivity index (χ0n) is 11.4. The summed E-state index contributed by atoms with van der Waals surface area (Å²) in [5.41, 5.74) is 9.98. The lowest BCUT2D eigenvalue weighted by atomic mass is 10.1. The van der Waals surface area contributed by atoms with Gasteiger partial charge in [0.05, 0.1) is 5.39 Å². The average Bonchev–Trinajstić information content (AvgIpc) is 2.42. The second kappa shape index (κ2) is 4.53. The predicted octanol–water partition coefficient (Wildman–Crippen LogP) is 3.66. The van der Waals surface area contributed by atoms with Crippen LogP contribution < -0.4 is 11.2 Å². The Morgan fingerprint density at radius 1 is 0.950 bits per heavy atom. The van der Waals surface area contributed by atoms with E-state index < -0.39 is 0 Å². The number of aryl methyl sites for hydroxylation is 2. The highest BCUT2D eigenvalue weighted by Gasteiger charge is 2.08. The molecule has 0 aliphatic carbocycles. The van der Waals surface area contributed by atoms with E-state index in [0.29, 0.717) is 22.4 Å². The van der Waals surface area contributed by atoms with Crippen LogP contribution in [0, 0.1) is 13.8 Å². The summed E-state index contributed by atoms with van der Waals surface area (Å²) in [6.45, 7) is 3.99. The largest absolute Gasteiger partial charge is 0.456 e. The maximum Gasteiger partial charge on any atom is 0.193 e. The van der Waals surface area contributed by atoms with E-state index in [1.807, 2.05) is 38.1 Å². The Bertz CT molecular complexity index is 845. The molecular formula is C17H15NO2. The molecule has 0 spiro atoms. The van der Waals surface area contributed by atoms with Crippen LogP contribution in [0.25, 0.3) is 22.3 Å². The molecule has 0 unspecified atom stereocenters. The molecular weight excluding hydrogens is 250 g/mol. The lowest BCUT2D eigenvalue weighted by Gasteiger charge is -2.06. The van der Waals surface area contributed by atoms with Gasteiger partial charge in [-0.1, -0.05) is 0 Å². The molecule has 0 atom stereocenters. The summed E-state index contributed by atoms with van der Waals surface area (Å²) < 4.78 is 5.86. The maximum absolute atomic E-state index is 12.2. The van der Waals surface area contributed by atoms with Crippen LogP contribution in [-0.4, -0.2) is 0 Å². The molecule has 3 heteroatoms. The molecule has 3 nitrogen and oxygen atoms in total. The molecule has 3 rings (SSSR count). The summed E-state index contributed by atoms with van der Waals surface area (Å²) in [7, 11) is 0. The van der Waals surface area contributed by atoms with Gasteiger partial charge in [0.25, 0.3) is 0 Å². The van der Waals surface area contributed by atoms with Crippen molar-refractivity contribution in [1.82, 2.24) is 0 Å². The lowest BCUT2D eigenvalue weighted by Crippen LogP contribution is -2.01. The van der Waals surface area contributed by atoms with Crippen molar-refractivity contribution in [1.29, 1.82) is 0 Å². The molecule has 0 radical (unpaired) electrons. The first-order chi connectivity index (χ1) is 9.54. The van der Waals surface area contributed by atoms with Crippen molar-refractivity contribution in [3.05, 3.63) is 63.8 Å². The number of fused-ring (bicyclic) bond motifs is 1. The molecule has 100 valence electrons. The van der Waals surface area contributed by atoms with E-state index in [1.54, 1.807) is 12.1 Å². The molecule has 0 saturated heterocycles. The Balaban J connectivity index is 2.26. The highest BCUT2D eigenvalue weighted by molar-refractivity contribution is 5.80.